The molecule has 2 rings (SSSR count). The van der Waals surface area contributed by atoms with Gasteiger partial charge in [-0.15, -0.1) is 0 Å². The molecule has 0 spiro atoms. The van der Waals surface area contributed by atoms with Crippen LogP contribution < -0.4 is 5.32 Å². The fourth-order valence-electron chi connectivity index (χ4n) is 1.80. The highest BCUT2D eigenvalue weighted by Gasteiger charge is 1.99. The largest absolute Gasteiger partial charge is 0.309 e. The van der Waals surface area contributed by atoms with Crippen LogP contribution in [0.25, 0.3) is 0 Å². The molecule has 0 aliphatic carbocycles. The van der Waals surface area contributed by atoms with Crippen molar-refractivity contribution in [2.45, 2.75) is 20.0 Å². The predicted octanol–water partition coefficient (Wildman–Crippen LogP) is 4.08. The van der Waals surface area contributed by atoms with Crippen LogP contribution in [0.15, 0.2) is 42.5 Å². The first-order valence-electron chi connectivity index (χ1n) is 5.85. The summed E-state index contributed by atoms with van der Waals surface area (Å²) >= 11 is 5.91. The molecule has 0 saturated carbocycles. The first kappa shape index (κ1) is 13.1. The molecule has 0 fully saturated rings. The molecule has 0 radical (unpaired) electrons. The third kappa shape index (κ3) is 3.56. The summed E-state index contributed by atoms with van der Waals surface area (Å²) in [5, 5.41) is 4.09. The molecule has 0 aliphatic rings. The predicted molar refractivity (Wildman–Crippen MR) is 73.1 cm³/mol. The summed E-state index contributed by atoms with van der Waals surface area (Å²) in [5.41, 5.74) is 3.47. The number of aryl methyl sites for hydroxylation is 1. The molecule has 0 bridgehead atoms. The molecule has 0 amide bonds. The molecule has 3 heteroatoms. The van der Waals surface area contributed by atoms with Crippen LogP contribution in [-0.2, 0) is 13.1 Å². The van der Waals surface area contributed by atoms with Crippen molar-refractivity contribution >= 4 is 11.6 Å². The van der Waals surface area contributed by atoms with Gasteiger partial charge in [0.15, 0.2) is 0 Å². The summed E-state index contributed by atoms with van der Waals surface area (Å²) < 4.78 is 12.7. The van der Waals surface area contributed by atoms with Gasteiger partial charge in [-0.1, -0.05) is 29.8 Å². The summed E-state index contributed by atoms with van der Waals surface area (Å²) in [5.74, 6) is -0.202. The van der Waals surface area contributed by atoms with Gasteiger partial charge in [-0.3, -0.25) is 0 Å². The summed E-state index contributed by atoms with van der Waals surface area (Å²) in [4.78, 5) is 0. The summed E-state index contributed by atoms with van der Waals surface area (Å²) in [7, 11) is 0. The van der Waals surface area contributed by atoms with Gasteiger partial charge < -0.3 is 5.32 Å². The molecule has 18 heavy (non-hydrogen) atoms. The van der Waals surface area contributed by atoms with E-state index in [-0.39, 0.29) is 5.82 Å². The van der Waals surface area contributed by atoms with Crippen molar-refractivity contribution in [2.24, 2.45) is 0 Å². The molecule has 2 aromatic rings. The van der Waals surface area contributed by atoms with E-state index in [1.54, 1.807) is 12.1 Å². The van der Waals surface area contributed by atoms with Gasteiger partial charge >= 0.3 is 0 Å². The van der Waals surface area contributed by atoms with Gasteiger partial charge in [0.05, 0.1) is 0 Å². The van der Waals surface area contributed by atoms with Crippen molar-refractivity contribution in [1.82, 2.24) is 5.32 Å². The lowest BCUT2D eigenvalue weighted by Gasteiger charge is -2.08. The normalized spacial score (nSPS) is 10.6. The molecule has 0 saturated heterocycles. The van der Waals surface area contributed by atoms with E-state index >= 15 is 0 Å². The molecule has 0 unspecified atom stereocenters. The maximum atomic E-state index is 12.7. The van der Waals surface area contributed by atoms with Crippen LogP contribution in [0.1, 0.15) is 16.7 Å². The van der Waals surface area contributed by atoms with E-state index < -0.39 is 0 Å². The minimum absolute atomic E-state index is 0.202. The topological polar surface area (TPSA) is 12.0 Å². The van der Waals surface area contributed by atoms with Crippen molar-refractivity contribution in [2.75, 3.05) is 0 Å². The molecule has 1 N–H and O–H groups in total. The number of nitrogens with one attached hydrogen (secondary N) is 1. The van der Waals surface area contributed by atoms with E-state index in [0.29, 0.717) is 0 Å². The second-order valence-electron chi connectivity index (χ2n) is 4.30. The molecule has 2 aromatic carbocycles. The Morgan fingerprint density at radius 3 is 2.44 bits per heavy atom. The summed E-state index contributed by atoms with van der Waals surface area (Å²) in [6.07, 6.45) is 0. The lowest BCUT2D eigenvalue weighted by atomic mass is 10.1. The van der Waals surface area contributed by atoms with Gasteiger partial charge in [0.25, 0.3) is 0 Å². The van der Waals surface area contributed by atoms with E-state index in [2.05, 4.69) is 5.32 Å². The minimum atomic E-state index is -0.202. The highest BCUT2D eigenvalue weighted by atomic mass is 35.5. The first-order chi connectivity index (χ1) is 8.65. The van der Waals surface area contributed by atoms with E-state index in [0.717, 1.165) is 23.7 Å². The van der Waals surface area contributed by atoms with Gasteiger partial charge in [-0.2, -0.15) is 0 Å². The average molecular weight is 264 g/mol. The van der Waals surface area contributed by atoms with Crippen LogP contribution in [0.3, 0.4) is 0 Å². The van der Waals surface area contributed by atoms with Crippen LogP contribution in [0.5, 0.6) is 0 Å². The van der Waals surface area contributed by atoms with Crippen LogP contribution in [0.4, 0.5) is 4.39 Å². The van der Waals surface area contributed by atoms with Crippen LogP contribution in [0, 0.1) is 12.7 Å². The third-order valence-electron chi connectivity index (χ3n) is 2.86. The minimum Gasteiger partial charge on any atom is -0.309 e. The Hall–Kier alpha value is -1.38. The average Bonchev–Trinajstić information content (AvgIpc) is 2.34. The van der Waals surface area contributed by atoms with Gasteiger partial charge in [0, 0.05) is 18.1 Å². The number of rotatable bonds is 4. The Kier molecular flexibility index (Phi) is 4.34. The third-order valence-corrected chi connectivity index (χ3v) is 3.10. The molecular formula is C15H15ClFN. The molecule has 0 aromatic heterocycles. The van der Waals surface area contributed by atoms with Crippen molar-refractivity contribution in [3.05, 3.63) is 70.0 Å². The van der Waals surface area contributed by atoms with E-state index in [1.807, 2.05) is 25.1 Å². The first-order valence-corrected chi connectivity index (χ1v) is 6.23. The highest BCUT2D eigenvalue weighted by molar-refractivity contribution is 6.30. The monoisotopic (exact) mass is 263 g/mol. The Morgan fingerprint density at radius 1 is 1.06 bits per heavy atom. The van der Waals surface area contributed by atoms with Crippen molar-refractivity contribution in [1.29, 1.82) is 0 Å². The molecule has 0 heterocycles. The van der Waals surface area contributed by atoms with Crippen LogP contribution in [-0.4, -0.2) is 0 Å². The second kappa shape index (κ2) is 5.98. The Balaban J connectivity index is 1.90. The molecule has 1 nitrogen and oxygen atoms in total. The summed E-state index contributed by atoms with van der Waals surface area (Å²) in [6.45, 7) is 3.55. The molecule has 94 valence electrons. The highest BCUT2D eigenvalue weighted by Crippen LogP contribution is 2.15. The number of hydrogen-bond donors (Lipinski definition) is 1. The number of halogens is 2. The van der Waals surface area contributed by atoms with Gasteiger partial charge in [-0.05, 0) is 47.9 Å². The second-order valence-corrected chi connectivity index (χ2v) is 4.74. The fourth-order valence-corrected chi connectivity index (χ4v) is 2.03. The zero-order chi connectivity index (χ0) is 13.0. The van der Waals surface area contributed by atoms with Crippen molar-refractivity contribution in [3.8, 4) is 0 Å². The lowest BCUT2D eigenvalue weighted by Crippen LogP contribution is -2.13. The Bertz CT molecular complexity index is 523. The summed E-state index contributed by atoms with van der Waals surface area (Å²) in [6, 6.07) is 12.4. The smallest absolute Gasteiger partial charge is 0.123 e. The van der Waals surface area contributed by atoms with E-state index in [4.69, 9.17) is 11.6 Å². The number of hydrogen-bond acceptors (Lipinski definition) is 1. The van der Waals surface area contributed by atoms with Gasteiger partial charge in [0.1, 0.15) is 5.82 Å². The standard InChI is InChI=1S/C15H15ClFN/c1-11-8-14(16)5-4-13(11)10-18-9-12-2-6-15(17)7-3-12/h2-8,18H,9-10H2,1H3. The van der Waals surface area contributed by atoms with E-state index in [1.165, 1.54) is 23.3 Å². The van der Waals surface area contributed by atoms with Gasteiger partial charge in [0.2, 0.25) is 0 Å². The molecule has 0 atom stereocenters. The molecular weight excluding hydrogens is 249 g/mol. The Labute approximate surface area is 112 Å². The number of benzene rings is 2. The quantitative estimate of drug-likeness (QED) is 0.877. The van der Waals surface area contributed by atoms with Crippen molar-refractivity contribution < 1.29 is 4.39 Å². The molecule has 0 aliphatic heterocycles. The SMILES string of the molecule is Cc1cc(Cl)ccc1CNCc1ccc(F)cc1. The maximum absolute atomic E-state index is 12.7. The van der Waals surface area contributed by atoms with E-state index in [9.17, 15) is 4.39 Å². The lowest BCUT2D eigenvalue weighted by molar-refractivity contribution is 0.625. The van der Waals surface area contributed by atoms with Crippen LogP contribution in [0.2, 0.25) is 5.02 Å². The maximum Gasteiger partial charge on any atom is 0.123 e. The Morgan fingerprint density at radius 2 is 1.78 bits per heavy atom. The zero-order valence-electron chi connectivity index (χ0n) is 10.2. The van der Waals surface area contributed by atoms with Crippen molar-refractivity contribution in [3.63, 3.8) is 0 Å². The zero-order valence-corrected chi connectivity index (χ0v) is 11.0. The van der Waals surface area contributed by atoms with Crippen LogP contribution >= 0.6 is 11.6 Å². The van der Waals surface area contributed by atoms with Gasteiger partial charge in [-0.25, -0.2) is 4.39 Å². The fraction of sp³-hybridized carbons (Fsp3) is 0.200.